The van der Waals surface area contributed by atoms with E-state index in [4.69, 9.17) is 19.3 Å². The zero-order valence-electron chi connectivity index (χ0n) is 8.79. The minimum absolute atomic E-state index is 0.652. The van der Waals surface area contributed by atoms with Crippen LogP contribution in [0.5, 0.6) is 0 Å². The highest BCUT2D eigenvalue weighted by Gasteiger charge is 2.48. The van der Waals surface area contributed by atoms with Crippen molar-refractivity contribution in [3.63, 3.8) is 0 Å². The molecule has 0 aliphatic heterocycles. The van der Waals surface area contributed by atoms with Gasteiger partial charge in [-0.2, -0.15) is 16.8 Å². The molecule has 0 aliphatic rings. The Morgan fingerprint density at radius 3 is 1.17 bits per heavy atom. The van der Waals surface area contributed by atoms with Gasteiger partial charge in [-0.05, 0) is 0 Å². The van der Waals surface area contributed by atoms with E-state index in [1.807, 2.05) is 0 Å². The average Bonchev–Trinajstić information content (AvgIpc) is 1.93. The van der Waals surface area contributed by atoms with Crippen molar-refractivity contribution >= 4 is 32.2 Å². The standard InChI is InChI=1S/C6H10O10S2/c1-2(3(5(7)8)17(11,12)13)4(6(9)10)18(14,15)16/h2-4H,1H3,(H,7,8)(H,9,10)(H,11,12,13)(H,14,15,16)/t3-,4-/m0/s1. The molecule has 0 saturated heterocycles. The third kappa shape index (κ3) is 3.90. The summed E-state index contributed by atoms with van der Waals surface area (Å²) in [4.78, 5) is 21.3. The summed E-state index contributed by atoms with van der Waals surface area (Å²) in [6, 6.07) is 0. The molecule has 12 heteroatoms. The van der Waals surface area contributed by atoms with Crippen molar-refractivity contribution < 1.29 is 45.7 Å². The molecule has 10 nitrogen and oxygen atoms in total. The first-order chi connectivity index (χ1) is 7.80. The second kappa shape index (κ2) is 5.17. The molecule has 0 spiro atoms. The van der Waals surface area contributed by atoms with Crippen LogP contribution in [0.3, 0.4) is 0 Å². The predicted octanol–water partition coefficient (Wildman–Crippen LogP) is -1.70. The van der Waals surface area contributed by atoms with Crippen molar-refractivity contribution in [2.75, 3.05) is 0 Å². The molecule has 0 aromatic heterocycles. The van der Waals surface area contributed by atoms with Gasteiger partial charge in [0.25, 0.3) is 20.2 Å². The highest BCUT2D eigenvalue weighted by atomic mass is 32.2. The van der Waals surface area contributed by atoms with Crippen LogP contribution in [-0.2, 0) is 29.8 Å². The number of rotatable bonds is 6. The fourth-order valence-electron chi connectivity index (χ4n) is 1.41. The summed E-state index contributed by atoms with van der Waals surface area (Å²) in [6.07, 6.45) is 0. The van der Waals surface area contributed by atoms with E-state index in [-0.39, 0.29) is 0 Å². The number of aliphatic carboxylic acids is 2. The number of carbonyl (C=O) groups is 2. The second-order valence-corrected chi connectivity index (χ2v) is 6.48. The van der Waals surface area contributed by atoms with E-state index < -0.39 is 48.6 Å². The molecule has 0 bridgehead atoms. The van der Waals surface area contributed by atoms with E-state index in [0.29, 0.717) is 6.92 Å². The van der Waals surface area contributed by atoms with Gasteiger partial charge >= 0.3 is 11.9 Å². The third-order valence-corrected chi connectivity index (χ3v) is 4.63. The molecular formula is C6H10O10S2. The molecule has 4 N–H and O–H groups in total. The molecule has 0 heterocycles. The van der Waals surface area contributed by atoms with Gasteiger partial charge in [0.05, 0.1) is 0 Å². The molecule has 0 aromatic carbocycles. The topological polar surface area (TPSA) is 183 Å². The normalized spacial score (nSPS) is 16.2. The lowest BCUT2D eigenvalue weighted by atomic mass is 10.0. The van der Waals surface area contributed by atoms with Gasteiger partial charge in [0, 0.05) is 5.92 Å². The maximum atomic E-state index is 10.8. The van der Waals surface area contributed by atoms with Crippen LogP contribution in [-0.4, -0.2) is 58.6 Å². The maximum absolute atomic E-state index is 10.8. The number of carboxylic acid groups (broad SMARTS) is 2. The highest BCUT2D eigenvalue weighted by molar-refractivity contribution is 7.88. The van der Waals surface area contributed by atoms with Gasteiger partial charge in [0.2, 0.25) is 0 Å². The van der Waals surface area contributed by atoms with Gasteiger partial charge in [-0.15, -0.1) is 0 Å². The molecule has 2 atom stereocenters. The Balaban J connectivity index is 5.79. The summed E-state index contributed by atoms with van der Waals surface area (Å²) in [5, 5.41) is 11.7. The van der Waals surface area contributed by atoms with E-state index in [2.05, 4.69) is 0 Å². The van der Waals surface area contributed by atoms with E-state index >= 15 is 0 Å². The zero-order chi connectivity index (χ0) is 14.9. The lowest BCUT2D eigenvalue weighted by molar-refractivity contribution is -0.139. The van der Waals surface area contributed by atoms with Gasteiger partial charge in [-0.1, -0.05) is 6.92 Å². The monoisotopic (exact) mass is 306 g/mol. The van der Waals surface area contributed by atoms with E-state index in [0.717, 1.165) is 0 Å². The zero-order valence-corrected chi connectivity index (χ0v) is 10.4. The first-order valence-corrected chi connectivity index (χ1v) is 7.19. The van der Waals surface area contributed by atoms with Crippen molar-refractivity contribution in [3.8, 4) is 0 Å². The van der Waals surface area contributed by atoms with Crippen molar-refractivity contribution in [3.05, 3.63) is 0 Å². The smallest absolute Gasteiger partial charge is 0.324 e. The predicted molar refractivity (Wildman–Crippen MR) is 55.1 cm³/mol. The Kier molecular flexibility index (Phi) is 4.82. The summed E-state index contributed by atoms with van der Waals surface area (Å²) in [5.41, 5.74) is 0. The third-order valence-electron chi connectivity index (χ3n) is 2.08. The van der Waals surface area contributed by atoms with Crippen LogP contribution >= 0.6 is 0 Å². The Hall–Kier alpha value is -1.24. The fourth-order valence-corrected chi connectivity index (χ4v) is 3.41. The van der Waals surface area contributed by atoms with Gasteiger partial charge in [0.15, 0.2) is 10.5 Å². The Morgan fingerprint density at radius 2 is 1.06 bits per heavy atom. The van der Waals surface area contributed by atoms with Crippen LogP contribution < -0.4 is 0 Å². The largest absolute Gasteiger partial charge is 0.480 e. The molecule has 106 valence electrons. The number of carboxylic acids is 2. The van der Waals surface area contributed by atoms with Crippen LogP contribution in [0.1, 0.15) is 6.92 Å². The molecule has 18 heavy (non-hydrogen) atoms. The second-order valence-electron chi connectivity index (χ2n) is 3.41. The van der Waals surface area contributed by atoms with Gasteiger partial charge in [-0.3, -0.25) is 18.7 Å². The van der Waals surface area contributed by atoms with E-state index in [9.17, 15) is 26.4 Å². The summed E-state index contributed by atoms with van der Waals surface area (Å²) in [7, 11) is -10.5. The lowest BCUT2D eigenvalue weighted by Gasteiger charge is -2.21. The van der Waals surface area contributed by atoms with Crippen LogP contribution in [0.15, 0.2) is 0 Å². The van der Waals surface area contributed by atoms with Crippen LogP contribution in [0.25, 0.3) is 0 Å². The van der Waals surface area contributed by atoms with Crippen LogP contribution in [0.2, 0.25) is 0 Å². The van der Waals surface area contributed by atoms with E-state index in [1.165, 1.54) is 0 Å². The van der Waals surface area contributed by atoms with Crippen molar-refractivity contribution in [2.45, 2.75) is 17.4 Å². The van der Waals surface area contributed by atoms with Crippen molar-refractivity contribution in [1.82, 2.24) is 0 Å². The summed E-state index contributed by atoms with van der Waals surface area (Å²) in [5.74, 6) is -6.38. The molecule has 0 aromatic rings. The highest BCUT2D eigenvalue weighted by Crippen LogP contribution is 2.21. The van der Waals surface area contributed by atoms with Gasteiger partial charge in [-0.25, -0.2) is 0 Å². The minimum Gasteiger partial charge on any atom is -0.480 e. The quantitative estimate of drug-likeness (QED) is 0.412. The van der Waals surface area contributed by atoms with Crippen LogP contribution in [0.4, 0.5) is 0 Å². The molecule has 0 unspecified atom stereocenters. The molecule has 0 radical (unpaired) electrons. The first kappa shape index (κ1) is 16.8. The van der Waals surface area contributed by atoms with Crippen molar-refractivity contribution in [2.24, 2.45) is 5.92 Å². The van der Waals surface area contributed by atoms with Gasteiger partial charge in [0.1, 0.15) is 0 Å². The Morgan fingerprint density at radius 1 is 0.833 bits per heavy atom. The summed E-state index contributed by atoms with van der Waals surface area (Å²) in [6.45, 7) is 0.652. The van der Waals surface area contributed by atoms with Crippen molar-refractivity contribution in [1.29, 1.82) is 0 Å². The maximum Gasteiger partial charge on any atom is 0.324 e. The molecule has 0 saturated carbocycles. The van der Waals surface area contributed by atoms with E-state index in [1.54, 1.807) is 0 Å². The molecular weight excluding hydrogens is 296 g/mol. The average molecular weight is 306 g/mol. The SMILES string of the molecule is CC([C@@H](C(=O)O)S(=O)(=O)O)[C@@H](C(=O)O)S(=O)(=O)O. The number of hydrogen-bond acceptors (Lipinski definition) is 6. The molecule has 0 amide bonds. The Labute approximate surface area is 102 Å². The van der Waals surface area contributed by atoms with Crippen LogP contribution in [0, 0.1) is 5.92 Å². The Bertz CT molecular complexity index is 493. The summed E-state index contributed by atoms with van der Waals surface area (Å²) >= 11 is 0. The summed E-state index contributed by atoms with van der Waals surface area (Å²) < 4.78 is 60.4. The molecule has 0 rings (SSSR count). The minimum atomic E-state index is -5.24. The molecule has 0 aliphatic carbocycles. The molecule has 0 fully saturated rings. The van der Waals surface area contributed by atoms with Gasteiger partial charge < -0.3 is 10.2 Å². The fraction of sp³-hybridized carbons (Fsp3) is 0.667. The lowest BCUT2D eigenvalue weighted by Crippen LogP contribution is -2.47. The number of hydrogen-bond donors (Lipinski definition) is 4. The first-order valence-electron chi connectivity index (χ1n) is 4.18.